The van der Waals surface area contributed by atoms with Gasteiger partial charge in [-0.3, -0.25) is 4.79 Å². The number of nitrogens with one attached hydrogen (secondary N) is 1. The van der Waals surface area contributed by atoms with Crippen LogP contribution in [0.5, 0.6) is 0 Å². The number of carbonyl (C=O) groups is 1. The lowest BCUT2D eigenvalue weighted by molar-refractivity contribution is -0.129. The van der Waals surface area contributed by atoms with Crippen molar-refractivity contribution in [2.24, 2.45) is 11.1 Å². The van der Waals surface area contributed by atoms with Crippen molar-refractivity contribution in [3.8, 4) is 0 Å². The molecule has 0 fully saturated rings. The van der Waals surface area contributed by atoms with E-state index in [2.05, 4.69) is 5.32 Å². The van der Waals surface area contributed by atoms with Crippen LogP contribution in [0.3, 0.4) is 0 Å². The van der Waals surface area contributed by atoms with Gasteiger partial charge in [0.1, 0.15) is 0 Å². The second kappa shape index (κ2) is 5.70. The first-order valence-corrected chi connectivity index (χ1v) is 5.71. The van der Waals surface area contributed by atoms with Gasteiger partial charge in [0.05, 0.1) is 5.41 Å². The zero-order valence-electron chi connectivity index (χ0n) is 10.1. The number of rotatable bonds is 6. The molecule has 0 aliphatic rings. The van der Waals surface area contributed by atoms with Crippen molar-refractivity contribution in [3.63, 3.8) is 0 Å². The van der Waals surface area contributed by atoms with E-state index in [1.165, 1.54) is 0 Å². The maximum absolute atomic E-state index is 11.9. The minimum Gasteiger partial charge on any atom is -0.354 e. The Morgan fingerprint density at radius 1 is 1.44 bits per heavy atom. The van der Waals surface area contributed by atoms with Gasteiger partial charge in [-0.15, -0.1) is 0 Å². The van der Waals surface area contributed by atoms with Gasteiger partial charge >= 0.3 is 0 Å². The predicted octanol–water partition coefficient (Wildman–Crippen LogP) is 0.979. The number of hydrogen-bond donors (Lipinski definition) is 2. The van der Waals surface area contributed by atoms with Crippen molar-refractivity contribution in [1.82, 2.24) is 9.88 Å². The molecule has 1 rings (SSSR count). The molecular formula is C12H21N3O. The molecule has 3 N–H and O–H groups in total. The van der Waals surface area contributed by atoms with E-state index in [0.29, 0.717) is 13.1 Å². The van der Waals surface area contributed by atoms with Crippen LogP contribution in [0.4, 0.5) is 0 Å². The first-order valence-electron chi connectivity index (χ1n) is 5.71. The summed E-state index contributed by atoms with van der Waals surface area (Å²) in [4.78, 5) is 11.9. The Morgan fingerprint density at radius 3 is 2.56 bits per heavy atom. The summed E-state index contributed by atoms with van der Waals surface area (Å²) in [6.45, 7) is 5.71. The molecule has 90 valence electrons. The monoisotopic (exact) mass is 223 g/mol. The fourth-order valence-electron chi connectivity index (χ4n) is 1.43. The quantitative estimate of drug-likeness (QED) is 0.755. The summed E-state index contributed by atoms with van der Waals surface area (Å²) in [7, 11) is 0. The van der Waals surface area contributed by atoms with Crippen LogP contribution in [0.15, 0.2) is 24.5 Å². The number of amides is 1. The van der Waals surface area contributed by atoms with Crippen molar-refractivity contribution in [2.45, 2.75) is 26.8 Å². The molecule has 0 bridgehead atoms. The van der Waals surface area contributed by atoms with Gasteiger partial charge in [0.15, 0.2) is 0 Å². The molecule has 4 nitrogen and oxygen atoms in total. The molecular weight excluding hydrogens is 202 g/mol. The van der Waals surface area contributed by atoms with Crippen LogP contribution in [0.2, 0.25) is 0 Å². The van der Waals surface area contributed by atoms with E-state index in [-0.39, 0.29) is 5.91 Å². The number of nitrogens with zero attached hydrogens (tertiary/aromatic N) is 1. The summed E-state index contributed by atoms with van der Waals surface area (Å²) in [6.07, 6.45) is 4.72. The van der Waals surface area contributed by atoms with E-state index in [0.717, 1.165) is 13.0 Å². The first-order chi connectivity index (χ1) is 7.62. The van der Waals surface area contributed by atoms with Crippen LogP contribution in [-0.4, -0.2) is 23.6 Å². The van der Waals surface area contributed by atoms with Crippen LogP contribution in [-0.2, 0) is 11.3 Å². The Hall–Kier alpha value is -1.29. The van der Waals surface area contributed by atoms with Gasteiger partial charge in [0, 0.05) is 32.0 Å². The van der Waals surface area contributed by atoms with Crippen molar-refractivity contribution >= 4 is 5.91 Å². The van der Waals surface area contributed by atoms with Crippen molar-refractivity contribution in [2.75, 3.05) is 13.1 Å². The van der Waals surface area contributed by atoms with Crippen molar-refractivity contribution in [1.29, 1.82) is 0 Å². The third-order valence-electron chi connectivity index (χ3n) is 3.10. The topological polar surface area (TPSA) is 60.1 Å². The van der Waals surface area contributed by atoms with E-state index in [1.807, 2.05) is 42.9 Å². The van der Waals surface area contributed by atoms with Gasteiger partial charge < -0.3 is 15.6 Å². The summed E-state index contributed by atoms with van der Waals surface area (Å²) < 4.78 is 2.03. The number of nitrogens with two attached hydrogens (primary N) is 1. The zero-order chi connectivity index (χ0) is 12.0. The lowest BCUT2D eigenvalue weighted by atomic mass is 9.87. The van der Waals surface area contributed by atoms with Gasteiger partial charge in [-0.05, 0) is 25.5 Å². The average molecular weight is 223 g/mol. The normalized spacial score (nSPS) is 14.4. The summed E-state index contributed by atoms with van der Waals surface area (Å²) in [5, 5.41) is 2.92. The molecule has 1 atom stereocenters. The standard InChI is InChI=1S/C12H21N3O/c1-3-12(2,10-13)11(16)14-6-9-15-7-4-5-8-15/h4-5,7-8H,3,6,9-10,13H2,1-2H3,(H,14,16). The molecule has 0 saturated carbocycles. The molecule has 0 aliphatic carbocycles. The molecule has 16 heavy (non-hydrogen) atoms. The van der Waals surface area contributed by atoms with E-state index < -0.39 is 5.41 Å². The Labute approximate surface area is 96.8 Å². The van der Waals surface area contributed by atoms with Crippen LogP contribution in [0.1, 0.15) is 20.3 Å². The minimum absolute atomic E-state index is 0.0460. The smallest absolute Gasteiger partial charge is 0.227 e. The largest absolute Gasteiger partial charge is 0.354 e. The fraction of sp³-hybridized carbons (Fsp3) is 0.583. The van der Waals surface area contributed by atoms with Gasteiger partial charge in [0.2, 0.25) is 5.91 Å². The second-order valence-corrected chi connectivity index (χ2v) is 4.30. The highest BCUT2D eigenvalue weighted by molar-refractivity contribution is 5.82. The van der Waals surface area contributed by atoms with E-state index in [4.69, 9.17) is 5.73 Å². The molecule has 1 heterocycles. The van der Waals surface area contributed by atoms with Crippen LogP contribution >= 0.6 is 0 Å². The Bertz CT molecular complexity index is 315. The predicted molar refractivity (Wildman–Crippen MR) is 64.9 cm³/mol. The van der Waals surface area contributed by atoms with E-state index >= 15 is 0 Å². The fourth-order valence-corrected chi connectivity index (χ4v) is 1.43. The first kappa shape index (κ1) is 12.8. The lowest BCUT2D eigenvalue weighted by Gasteiger charge is -2.24. The van der Waals surface area contributed by atoms with Crippen LogP contribution < -0.4 is 11.1 Å². The molecule has 0 spiro atoms. The summed E-state index contributed by atoms with van der Waals surface area (Å²) in [6, 6.07) is 3.94. The summed E-state index contributed by atoms with van der Waals surface area (Å²) >= 11 is 0. The van der Waals surface area contributed by atoms with Crippen LogP contribution in [0, 0.1) is 5.41 Å². The highest BCUT2D eigenvalue weighted by Crippen LogP contribution is 2.18. The van der Waals surface area contributed by atoms with Crippen molar-refractivity contribution in [3.05, 3.63) is 24.5 Å². The number of carbonyl (C=O) groups excluding carboxylic acids is 1. The SMILES string of the molecule is CCC(C)(CN)C(=O)NCCn1cccc1. The summed E-state index contributed by atoms with van der Waals surface area (Å²) in [5.74, 6) is 0.0460. The third kappa shape index (κ3) is 3.10. The van der Waals surface area contributed by atoms with E-state index in [1.54, 1.807) is 0 Å². The number of hydrogen-bond acceptors (Lipinski definition) is 2. The Kier molecular flexibility index (Phi) is 4.55. The maximum Gasteiger partial charge on any atom is 0.227 e. The lowest BCUT2D eigenvalue weighted by Crippen LogP contribution is -2.44. The van der Waals surface area contributed by atoms with Gasteiger partial charge in [0.25, 0.3) is 0 Å². The van der Waals surface area contributed by atoms with Crippen molar-refractivity contribution < 1.29 is 4.79 Å². The van der Waals surface area contributed by atoms with E-state index in [9.17, 15) is 4.79 Å². The molecule has 0 aromatic carbocycles. The van der Waals surface area contributed by atoms with Gasteiger partial charge in [-0.2, -0.15) is 0 Å². The highest BCUT2D eigenvalue weighted by Gasteiger charge is 2.28. The molecule has 1 aromatic heterocycles. The maximum atomic E-state index is 11.9. The molecule has 0 saturated heterocycles. The second-order valence-electron chi connectivity index (χ2n) is 4.30. The van der Waals surface area contributed by atoms with Gasteiger partial charge in [-0.1, -0.05) is 6.92 Å². The molecule has 1 aromatic rings. The molecule has 0 aliphatic heterocycles. The third-order valence-corrected chi connectivity index (χ3v) is 3.10. The molecule has 0 radical (unpaired) electrons. The molecule has 1 amide bonds. The highest BCUT2D eigenvalue weighted by atomic mass is 16.2. The zero-order valence-corrected chi connectivity index (χ0v) is 10.1. The average Bonchev–Trinajstić information content (AvgIpc) is 2.80. The molecule has 4 heteroatoms. The molecule has 1 unspecified atom stereocenters. The summed E-state index contributed by atoms with van der Waals surface area (Å²) in [5.41, 5.74) is 5.18. The Balaban J connectivity index is 2.35. The minimum atomic E-state index is -0.434. The van der Waals surface area contributed by atoms with Gasteiger partial charge in [-0.25, -0.2) is 0 Å². The number of aromatic nitrogens is 1. The van der Waals surface area contributed by atoms with Crippen LogP contribution in [0.25, 0.3) is 0 Å². The Morgan fingerprint density at radius 2 is 2.06 bits per heavy atom.